The monoisotopic (exact) mass is 418 g/mol. The summed E-state index contributed by atoms with van der Waals surface area (Å²) in [5.74, 6) is 1.09. The van der Waals surface area contributed by atoms with Crippen molar-refractivity contribution in [3.63, 3.8) is 0 Å². The number of hydrogen-bond donors (Lipinski definition) is 3. The van der Waals surface area contributed by atoms with Gasteiger partial charge in [-0.1, -0.05) is 6.07 Å². The molecular formula is C24H30N6O. The van der Waals surface area contributed by atoms with Crippen LogP contribution in [0.15, 0.2) is 42.7 Å². The molecule has 162 valence electrons. The van der Waals surface area contributed by atoms with Gasteiger partial charge >= 0.3 is 0 Å². The molecule has 0 unspecified atom stereocenters. The number of aromatic nitrogens is 4. The maximum absolute atomic E-state index is 10.6. The van der Waals surface area contributed by atoms with Crippen molar-refractivity contribution in [1.29, 1.82) is 0 Å². The van der Waals surface area contributed by atoms with Crippen LogP contribution in [0.3, 0.4) is 0 Å². The van der Waals surface area contributed by atoms with Crippen molar-refractivity contribution >= 4 is 5.82 Å². The Morgan fingerprint density at radius 2 is 1.84 bits per heavy atom. The summed E-state index contributed by atoms with van der Waals surface area (Å²) < 4.78 is 0. The summed E-state index contributed by atoms with van der Waals surface area (Å²) in [5, 5.41) is 30.2. The average molecular weight is 419 g/mol. The molecule has 2 saturated heterocycles. The van der Waals surface area contributed by atoms with Crippen LogP contribution in [0.2, 0.25) is 0 Å². The van der Waals surface area contributed by atoms with E-state index in [4.69, 9.17) is 0 Å². The first-order valence-corrected chi connectivity index (χ1v) is 11.1. The van der Waals surface area contributed by atoms with Gasteiger partial charge in [0.05, 0.1) is 11.9 Å². The minimum absolute atomic E-state index is 0.184. The Morgan fingerprint density at radius 1 is 1.06 bits per heavy atom. The van der Waals surface area contributed by atoms with Gasteiger partial charge < -0.3 is 15.3 Å². The highest BCUT2D eigenvalue weighted by Gasteiger charge is 2.49. The molecular weight excluding hydrogens is 388 g/mol. The Labute approximate surface area is 182 Å². The van der Waals surface area contributed by atoms with E-state index in [1.807, 2.05) is 24.3 Å². The topological polar surface area (TPSA) is 90.0 Å². The summed E-state index contributed by atoms with van der Waals surface area (Å²) in [7, 11) is 0. The van der Waals surface area contributed by atoms with Crippen molar-refractivity contribution in [2.45, 2.75) is 63.6 Å². The predicted octanol–water partition coefficient (Wildman–Crippen LogP) is 4.13. The van der Waals surface area contributed by atoms with Crippen molar-refractivity contribution < 1.29 is 5.11 Å². The second-order valence-electron chi connectivity index (χ2n) is 9.59. The number of piperidine rings is 1. The zero-order valence-corrected chi connectivity index (χ0v) is 18.4. The zero-order valence-electron chi connectivity index (χ0n) is 18.4. The number of rotatable bonds is 5. The number of fused-ring (bicyclic) bond motifs is 2. The molecule has 0 radical (unpaired) electrons. The third kappa shape index (κ3) is 3.67. The van der Waals surface area contributed by atoms with Crippen LogP contribution in [0.1, 0.15) is 46.5 Å². The van der Waals surface area contributed by atoms with Gasteiger partial charge in [-0.25, -0.2) is 0 Å². The summed E-state index contributed by atoms with van der Waals surface area (Å²) in [6.07, 6.45) is 8.24. The van der Waals surface area contributed by atoms with Crippen LogP contribution in [0, 0.1) is 0 Å². The van der Waals surface area contributed by atoms with E-state index in [-0.39, 0.29) is 16.8 Å². The summed E-state index contributed by atoms with van der Waals surface area (Å²) in [6, 6.07) is 10.0. The zero-order chi connectivity index (χ0) is 21.6. The van der Waals surface area contributed by atoms with E-state index in [1.54, 1.807) is 18.5 Å². The van der Waals surface area contributed by atoms with E-state index in [1.165, 1.54) is 12.8 Å². The van der Waals surface area contributed by atoms with Crippen LogP contribution >= 0.6 is 0 Å². The Kier molecular flexibility index (Phi) is 4.73. The molecule has 3 N–H and O–H groups in total. The van der Waals surface area contributed by atoms with Crippen LogP contribution in [0.4, 0.5) is 5.82 Å². The van der Waals surface area contributed by atoms with Crippen LogP contribution in [-0.4, -0.2) is 49.2 Å². The lowest BCUT2D eigenvalue weighted by molar-refractivity contribution is 0.205. The Hall–Kier alpha value is -2.93. The summed E-state index contributed by atoms with van der Waals surface area (Å²) >= 11 is 0. The molecule has 2 aliphatic rings. The van der Waals surface area contributed by atoms with E-state index in [9.17, 15) is 5.11 Å². The number of aromatic amines is 1. The molecule has 4 heterocycles. The van der Waals surface area contributed by atoms with Gasteiger partial charge in [0.1, 0.15) is 5.75 Å². The first kappa shape index (κ1) is 20.0. The number of nitrogens with one attached hydrogen (secondary N) is 2. The molecule has 5 rings (SSSR count). The number of phenolic OH excluding ortho intramolecular Hbond substituents is 1. The molecule has 7 nitrogen and oxygen atoms in total. The molecule has 2 aromatic heterocycles. The molecule has 0 spiro atoms. The first-order valence-electron chi connectivity index (χ1n) is 11.1. The molecule has 2 fully saturated rings. The molecule has 2 bridgehead atoms. The lowest BCUT2D eigenvalue weighted by Crippen LogP contribution is -2.59. The van der Waals surface area contributed by atoms with Crippen LogP contribution in [0.5, 0.6) is 5.75 Å². The molecule has 3 atom stereocenters. The van der Waals surface area contributed by atoms with Crippen LogP contribution < -0.4 is 10.2 Å². The number of benzene rings is 1. The Morgan fingerprint density at radius 3 is 2.42 bits per heavy atom. The first-order chi connectivity index (χ1) is 14.9. The highest BCUT2D eigenvalue weighted by Crippen LogP contribution is 2.44. The SMILES string of the molecule is CCN(c1ccc(-c2ccc(-c3cn[nH]c3)cc2O)nn1)[C@@H]1C[C@]2(C)CC[C@](C)(C1)N2. The number of H-pyrrole nitrogens is 1. The summed E-state index contributed by atoms with van der Waals surface area (Å²) in [4.78, 5) is 2.39. The lowest BCUT2D eigenvalue weighted by atomic mass is 9.84. The van der Waals surface area contributed by atoms with Gasteiger partial charge in [0.25, 0.3) is 0 Å². The van der Waals surface area contributed by atoms with E-state index in [0.717, 1.165) is 36.3 Å². The average Bonchev–Trinajstić information content (AvgIpc) is 3.35. The van der Waals surface area contributed by atoms with Crippen molar-refractivity contribution in [3.8, 4) is 28.1 Å². The van der Waals surface area contributed by atoms with Crippen molar-refractivity contribution in [2.24, 2.45) is 0 Å². The number of nitrogens with zero attached hydrogens (tertiary/aromatic N) is 4. The molecule has 0 saturated carbocycles. The van der Waals surface area contributed by atoms with Crippen LogP contribution in [0.25, 0.3) is 22.4 Å². The fraction of sp³-hybridized carbons (Fsp3) is 0.458. The third-order valence-electron chi connectivity index (χ3n) is 7.04. The van der Waals surface area contributed by atoms with Gasteiger partial charge in [-0.15, -0.1) is 10.2 Å². The fourth-order valence-electron chi connectivity index (χ4n) is 5.61. The van der Waals surface area contributed by atoms with Gasteiger partial charge in [-0.3, -0.25) is 5.10 Å². The van der Waals surface area contributed by atoms with Gasteiger partial charge in [0, 0.05) is 41.0 Å². The van der Waals surface area contributed by atoms with E-state index >= 15 is 0 Å². The summed E-state index contributed by atoms with van der Waals surface area (Å²) in [6.45, 7) is 7.78. The van der Waals surface area contributed by atoms with Crippen molar-refractivity contribution in [1.82, 2.24) is 25.7 Å². The normalized spacial score (nSPS) is 27.4. The quantitative estimate of drug-likeness (QED) is 0.577. The molecule has 0 amide bonds. The smallest absolute Gasteiger partial charge is 0.151 e. The Balaban J connectivity index is 1.38. The minimum atomic E-state index is 0.184. The molecule has 7 heteroatoms. The second-order valence-corrected chi connectivity index (χ2v) is 9.59. The van der Waals surface area contributed by atoms with E-state index in [2.05, 4.69) is 51.4 Å². The number of phenols is 1. The van der Waals surface area contributed by atoms with Gasteiger partial charge in [0.2, 0.25) is 0 Å². The molecule has 31 heavy (non-hydrogen) atoms. The largest absolute Gasteiger partial charge is 0.507 e. The fourth-order valence-corrected chi connectivity index (χ4v) is 5.61. The molecule has 3 aromatic rings. The Bertz CT molecular complexity index is 1050. The highest BCUT2D eigenvalue weighted by molar-refractivity contribution is 5.73. The third-order valence-corrected chi connectivity index (χ3v) is 7.04. The standard InChI is InChI=1S/C24H30N6O/c1-4-30(18-12-23(2)9-10-24(3,13-18)29-23)22-8-7-20(27-28-22)19-6-5-16(11-21(19)31)17-14-25-26-15-17/h5-8,11,14-15,18,29,31H,4,9-10,12-13H2,1-3H3,(H,25,26)/t18-,23+,24-. The number of aromatic hydroxyl groups is 1. The highest BCUT2D eigenvalue weighted by atomic mass is 16.3. The lowest BCUT2D eigenvalue weighted by Gasteiger charge is -2.46. The summed E-state index contributed by atoms with van der Waals surface area (Å²) in [5.41, 5.74) is 3.59. The van der Waals surface area contributed by atoms with E-state index < -0.39 is 0 Å². The molecule has 1 aromatic carbocycles. The molecule has 2 aliphatic heterocycles. The number of hydrogen-bond acceptors (Lipinski definition) is 6. The van der Waals surface area contributed by atoms with Crippen molar-refractivity contribution in [2.75, 3.05) is 11.4 Å². The van der Waals surface area contributed by atoms with Gasteiger partial charge in [0.15, 0.2) is 5.82 Å². The number of anilines is 1. The maximum atomic E-state index is 10.6. The van der Waals surface area contributed by atoms with Crippen LogP contribution in [-0.2, 0) is 0 Å². The van der Waals surface area contributed by atoms with Gasteiger partial charge in [-0.05, 0) is 76.3 Å². The predicted molar refractivity (Wildman–Crippen MR) is 122 cm³/mol. The van der Waals surface area contributed by atoms with Crippen molar-refractivity contribution in [3.05, 3.63) is 42.7 Å². The molecule has 0 aliphatic carbocycles. The van der Waals surface area contributed by atoms with Gasteiger partial charge in [-0.2, -0.15) is 5.10 Å². The maximum Gasteiger partial charge on any atom is 0.151 e. The second kappa shape index (κ2) is 7.34. The minimum Gasteiger partial charge on any atom is -0.507 e. The van der Waals surface area contributed by atoms with E-state index in [0.29, 0.717) is 17.3 Å².